The van der Waals surface area contributed by atoms with Crippen molar-refractivity contribution in [1.82, 2.24) is 9.97 Å². The quantitative estimate of drug-likeness (QED) is 0.360. The van der Waals surface area contributed by atoms with Crippen LogP contribution in [0.5, 0.6) is 0 Å². The van der Waals surface area contributed by atoms with Gasteiger partial charge in [-0.1, -0.05) is 12.1 Å². The molecule has 1 aliphatic rings. The summed E-state index contributed by atoms with van der Waals surface area (Å²) in [6.45, 7) is 0.749. The Morgan fingerprint density at radius 1 is 1.23 bits per heavy atom. The predicted molar refractivity (Wildman–Crippen MR) is 116 cm³/mol. The van der Waals surface area contributed by atoms with Crippen LogP contribution in [0, 0.1) is 10.1 Å². The smallest absolute Gasteiger partial charge is 0.311 e. The van der Waals surface area contributed by atoms with Crippen LogP contribution in [0.3, 0.4) is 0 Å². The summed E-state index contributed by atoms with van der Waals surface area (Å²) in [6.07, 6.45) is 2.01. The van der Waals surface area contributed by atoms with Crippen LogP contribution in [0.4, 0.5) is 38.8 Å². The fraction of sp³-hybridized carbons (Fsp3) is 0.238. The van der Waals surface area contributed by atoms with Gasteiger partial charge >= 0.3 is 5.69 Å². The molecule has 4 rings (SSSR count). The zero-order chi connectivity index (χ0) is 21.8. The number of ether oxygens (including phenoxy) is 1. The Balaban J connectivity index is 1.70. The number of para-hydroxylation sites is 2. The standard InChI is InChI=1S/C21H21FN6O3/c1-26(15-8-10-23-11-9-15)20-7-6-18(28(29)30)21(25-20)24-16-4-2-3-5-17(16)27-12-13-31-14-19(27)22/h2-11,19H,12-14H2,1H3,(H,24,25). The van der Waals surface area contributed by atoms with E-state index < -0.39 is 11.2 Å². The Morgan fingerprint density at radius 3 is 2.74 bits per heavy atom. The summed E-state index contributed by atoms with van der Waals surface area (Å²) in [5.41, 5.74) is 1.76. The average molecular weight is 424 g/mol. The van der Waals surface area contributed by atoms with Crippen LogP contribution in [0.25, 0.3) is 0 Å². The summed E-state index contributed by atoms with van der Waals surface area (Å²) >= 11 is 0. The summed E-state index contributed by atoms with van der Waals surface area (Å²) in [5.74, 6) is 0.575. The fourth-order valence-corrected chi connectivity index (χ4v) is 3.37. The number of nitrogens with one attached hydrogen (secondary N) is 1. The molecule has 0 bridgehead atoms. The van der Waals surface area contributed by atoms with E-state index in [-0.39, 0.29) is 18.1 Å². The van der Waals surface area contributed by atoms with E-state index in [2.05, 4.69) is 15.3 Å². The van der Waals surface area contributed by atoms with Gasteiger partial charge in [0.25, 0.3) is 0 Å². The number of hydrogen-bond donors (Lipinski definition) is 1. The maximum absolute atomic E-state index is 14.5. The molecule has 31 heavy (non-hydrogen) atoms. The van der Waals surface area contributed by atoms with Crippen LogP contribution in [0.1, 0.15) is 0 Å². The highest BCUT2D eigenvalue weighted by Crippen LogP contribution is 2.35. The molecule has 0 aliphatic carbocycles. The third kappa shape index (κ3) is 4.38. The van der Waals surface area contributed by atoms with E-state index in [9.17, 15) is 14.5 Å². The van der Waals surface area contributed by atoms with Crippen molar-refractivity contribution in [1.29, 1.82) is 0 Å². The molecule has 1 aromatic carbocycles. The van der Waals surface area contributed by atoms with E-state index in [0.29, 0.717) is 30.3 Å². The molecule has 160 valence electrons. The van der Waals surface area contributed by atoms with Crippen LogP contribution in [0.2, 0.25) is 0 Å². The lowest BCUT2D eigenvalue weighted by Gasteiger charge is -2.33. The predicted octanol–water partition coefficient (Wildman–Crippen LogP) is 4.03. The van der Waals surface area contributed by atoms with Crippen molar-refractivity contribution in [2.75, 3.05) is 41.9 Å². The second-order valence-corrected chi connectivity index (χ2v) is 6.90. The Labute approximate surface area is 178 Å². The van der Waals surface area contributed by atoms with Crippen molar-refractivity contribution in [3.8, 4) is 0 Å². The molecule has 1 fully saturated rings. The first-order valence-corrected chi connectivity index (χ1v) is 9.68. The van der Waals surface area contributed by atoms with Gasteiger partial charge in [0.15, 0.2) is 6.30 Å². The highest BCUT2D eigenvalue weighted by Gasteiger charge is 2.26. The maximum Gasteiger partial charge on any atom is 0.311 e. The van der Waals surface area contributed by atoms with Crippen molar-refractivity contribution in [3.05, 3.63) is 71.0 Å². The van der Waals surface area contributed by atoms with Gasteiger partial charge in [0.1, 0.15) is 5.82 Å². The molecule has 3 heterocycles. The summed E-state index contributed by atoms with van der Waals surface area (Å²) in [4.78, 5) is 23.0. The number of halogens is 1. The highest BCUT2D eigenvalue weighted by molar-refractivity contribution is 5.78. The van der Waals surface area contributed by atoms with E-state index in [4.69, 9.17) is 4.74 Å². The Bertz CT molecular complexity index is 1070. The van der Waals surface area contributed by atoms with Crippen LogP contribution in [0.15, 0.2) is 60.9 Å². The van der Waals surface area contributed by atoms with Crippen molar-refractivity contribution >= 4 is 34.4 Å². The second kappa shape index (κ2) is 8.92. The van der Waals surface area contributed by atoms with E-state index in [1.807, 2.05) is 19.2 Å². The minimum atomic E-state index is -1.30. The van der Waals surface area contributed by atoms with Crippen molar-refractivity contribution in [2.45, 2.75) is 6.30 Å². The molecule has 0 saturated carbocycles. The van der Waals surface area contributed by atoms with Gasteiger partial charge < -0.3 is 19.9 Å². The Kier molecular flexibility index (Phi) is 5.89. The number of morpholine rings is 1. The largest absolute Gasteiger partial charge is 0.375 e. The first kappa shape index (κ1) is 20.5. The molecular weight excluding hydrogens is 403 g/mol. The molecule has 0 spiro atoms. The summed E-state index contributed by atoms with van der Waals surface area (Å²) < 4.78 is 19.6. The third-order valence-electron chi connectivity index (χ3n) is 4.99. The number of benzene rings is 1. The molecule has 2 aromatic heterocycles. The van der Waals surface area contributed by atoms with Gasteiger partial charge in [0.2, 0.25) is 5.82 Å². The molecular formula is C21H21FN6O3. The average Bonchev–Trinajstić information content (AvgIpc) is 2.80. The fourth-order valence-electron chi connectivity index (χ4n) is 3.37. The topological polar surface area (TPSA) is 96.7 Å². The van der Waals surface area contributed by atoms with E-state index in [1.165, 1.54) is 6.07 Å². The van der Waals surface area contributed by atoms with Crippen LogP contribution >= 0.6 is 0 Å². The molecule has 1 saturated heterocycles. The minimum Gasteiger partial charge on any atom is -0.375 e. The van der Waals surface area contributed by atoms with Gasteiger partial charge in [-0.3, -0.25) is 15.1 Å². The van der Waals surface area contributed by atoms with Gasteiger partial charge in [-0.05, 0) is 30.3 Å². The van der Waals surface area contributed by atoms with E-state index in [0.717, 1.165) is 5.69 Å². The normalized spacial score (nSPS) is 16.1. The first-order valence-electron chi connectivity index (χ1n) is 9.68. The molecule has 1 unspecified atom stereocenters. The lowest BCUT2D eigenvalue weighted by atomic mass is 10.2. The van der Waals surface area contributed by atoms with Crippen LogP contribution in [-0.2, 0) is 4.74 Å². The van der Waals surface area contributed by atoms with Gasteiger partial charge in [-0.15, -0.1) is 0 Å². The Hall–Kier alpha value is -3.79. The molecule has 1 aliphatic heterocycles. The van der Waals surface area contributed by atoms with Crippen molar-refractivity contribution in [2.24, 2.45) is 0 Å². The molecule has 1 atom stereocenters. The molecule has 9 nitrogen and oxygen atoms in total. The van der Waals surface area contributed by atoms with Gasteiger partial charge in [0.05, 0.1) is 29.5 Å². The lowest BCUT2D eigenvalue weighted by Crippen LogP contribution is -2.43. The summed E-state index contributed by atoms with van der Waals surface area (Å²) in [6, 6.07) is 13.7. The molecule has 0 amide bonds. The van der Waals surface area contributed by atoms with Gasteiger partial charge in [-0.25, -0.2) is 9.37 Å². The summed E-state index contributed by atoms with van der Waals surface area (Å²) in [5, 5.41) is 14.7. The number of nitrogens with zero attached hydrogens (tertiary/aromatic N) is 5. The van der Waals surface area contributed by atoms with Crippen LogP contribution < -0.4 is 15.1 Å². The third-order valence-corrected chi connectivity index (χ3v) is 4.99. The number of pyridine rings is 2. The van der Waals surface area contributed by atoms with Gasteiger partial charge in [-0.2, -0.15) is 0 Å². The molecule has 1 N–H and O–H groups in total. The second-order valence-electron chi connectivity index (χ2n) is 6.90. The first-order chi connectivity index (χ1) is 15.0. The van der Waals surface area contributed by atoms with Crippen molar-refractivity contribution < 1.29 is 14.1 Å². The summed E-state index contributed by atoms with van der Waals surface area (Å²) in [7, 11) is 1.81. The van der Waals surface area contributed by atoms with Crippen molar-refractivity contribution in [3.63, 3.8) is 0 Å². The number of anilines is 5. The number of hydrogen-bond acceptors (Lipinski definition) is 8. The number of rotatable bonds is 6. The highest BCUT2D eigenvalue weighted by atomic mass is 19.1. The minimum absolute atomic E-state index is 0.0288. The Morgan fingerprint density at radius 2 is 2.00 bits per heavy atom. The van der Waals surface area contributed by atoms with Gasteiger partial charge in [0, 0.05) is 37.7 Å². The monoisotopic (exact) mass is 424 g/mol. The maximum atomic E-state index is 14.5. The number of aromatic nitrogens is 2. The lowest BCUT2D eigenvalue weighted by molar-refractivity contribution is -0.384. The van der Waals surface area contributed by atoms with E-state index >= 15 is 0 Å². The van der Waals surface area contributed by atoms with Crippen LogP contribution in [-0.4, -0.2) is 48.0 Å². The zero-order valence-electron chi connectivity index (χ0n) is 16.8. The number of alkyl halides is 1. The molecule has 10 heteroatoms. The zero-order valence-corrected chi connectivity index (χ0v) is 16.8. The van der Waals surface area contributed by atoms with E-state index in [1.54, 1.807) is 52.5 Å². The molecule has 0 radical (unpaired) electrons. The number of nitro groups is 1. The SMILES string of the molecule is CN(c1ccncc1)c1ccc([N+](=O)[O-])c(Nc2ccccc2N2CCOCC2F)n1. The molecule has 3 aromatic rings.